The number of hydrogen-bond donors (Lipinski definition) is 5. The standard InChI is InChI=1S/C27H27N3O4/c31-17-21(13-18-7-6-10-22(32)14-18)29-27(34)25(30-26(33)19-8-2-1-3-9-19)15-20-16-28-24-12-5-4-11-23(20)24/h1-12,14,16,21,25,28,31-32H,13,15,17H2,(H,29,34)(H,30,33)/t21-,25+/m1/s1. The normalized spacial score (nSPS) is 12.7. The van der Waals surface area contributed by atoms with Gasteiger partial charge in [-0.2, -0.15) is 0 Å². The Kier molecular flexibility index (Phi) is 7.25. The van der Waals surface area contributed by atoms with Gasteiger partial charge in [0.15, 0.2) is 0 Å². The number of hydrogen-bond acceptors (Lipinski definition) is 4. The van der Waals surface area contributed by atoms with Crippen molar-refractivity contribution in [1.82, 2.24) is 15.6 Å². The zero-order valence-electron chi connectivity index (χ0n) is 18.6. The molecule has 0 saturated carbocycles. The first kappa shape index (κ1) is 23.1. The largest absolute Gasteiger partial charge is 0.508 e. The van der Waals surface area contributed by atoms with Crippen molar-refractivity contribution in [1.29, 1.82) is 0 Å². The lowest BCUT2D eigenvalue weighted by Gasteiger charge is -2.23. The van der Waals surface area contributed by atoms with Gasteiger partial charge in [-0.3, -0.25) is 9.59 Å². The molecule has 0 radical (unpaired) electrons. The predicted octanol–water partition coefficient (Wildman–Crippen LogP) is 2.93. The summed E-state index contributed by atoms with van der Waals surface area (Å²) in [6.07, 6.45) is 2.46. The lowest BCUT2D eigenvalue weighted by Crippen LogP contribution is -2.52. The summed E-state index contributed by atoms with van der Waals surface area (Å²) < 4.78 is 0. The number of nitrogens with one attached hydrogen (secondary N) is 3. The van der Waals surface area contributed by atoms with Crippen LogP contribution in [0.1, 0.15) is 21.5 Å². The van der Waals surface area contributed by atoms with E-state index < -0.39 is 18.0 Å². The number of rotatable bonds is 9. The van der Waals surface area contributed by atoms with E-state index in [2.05, 4.69) is 15.6 Å². The summed E-state index contributed by atoms with van der Waals surface area (Å²) in [5.74, 6) is -0.629. The minimum Gasteiger partial charge on any atom is -0.508 e. The molecule has 2 amide bonds. The molecule has 0 aliphatic heterocycles. The van der Waals surface area contributed by atoms with Crippen molar-refractivity contribution >= 4 is 22.7 Å². The number of carbonyl (C=O) groups excluding carboxylic acids is 2. The van der Waals surface area contributed by atoms with E-state index in [0.717, 1.165) is 22.0 Å². The summed E-state index contributed by atoms with van der Waals surface area (Å²) >= 11 is 0. The van der Waals surface area contributed by atoms with Crippen LogP contribution in [0.5, 0.6) is 5.75 Å². The number of aromatic nitrogens is 1. The molecule has 3 aromatic carbocycles. The van der Waals surface area contributed by atoms with Crippen LogP contribution in [-0.2, 0) is 17.6 Å². The number of phenolic OH excluding ortho intramolecular Hbond substituents is 1. The second-order valence-corrected chi connectivity index (χ2v) is 8.22. The molecule has 7 nitrogen and oxygen atoms in total. The average molecular weight is 458 g/mol. The van der Waals surface area contributed by atoms with E-state index in [-0.39, 0.29) is 24.7 Å². The molecule has 2 atom stereocenters. The molecule has 0 unspecified atom stereocenters. The summed E-state index contributed by atoms with van der Waals surface area (Å²) in [7, 11) is 0. The minimum atomic E-state index is -0.856. The zero-order chi connectivity index (χ0) is 23.9. The van der Waals surface area contributed by atoms with Crippen LogP contribution < -0.4 is 10.6 Å². The Bertz CT molecular complexity index is 1270. The second kappa shape index (κ2) is 10.7. The maximum atomic E-state index is 13.3. The first-order valence-electron chi connectivity index (χ1n) is 11.1. The number of phenols is 1. The Hall–Kier alpha value is -4.10. The molecule has 1 heterocycles. The third-order valence-corrected chi connectivity index (χ3v) is 5.72. The molecule has 4 rings (SSSR count). The number of benzene rings is 3. The Labute approximate surface area is 197 Å². The third kappa shape index (κ3) is 5.63. The number of aliphatic hydroxyl groups excluding tert-OH is 1. The molecule has 0 aliphatic rings. The van der Waals surface area contributed by atoms with E-state index in [1.54, 1.807) is 42.5 Å². The highest BCUT2D eigenvalue weighted by molar-refractivity contribution is 5.98. The number of H-pyrrole nitrogens is 1. The number of aromatic hydroxyl groups is 1. The zero-order valence-corrected chi connectivity index (χ0v) is 18.6. The van der Waals surface area contributed by atoms with Gasteiger partial charge < -0.3 is 25.8 Å². The molecule has 174 valence electrons. The van der Waals surface area contributed by atoms with Crippen LogP contribution in [0, 0.1) is 0 Å². The molecule has 0 spiro atoms. The Balaban J connectivity index is 1.54. The van der Waals surface area contributed by atoms with Crippen LogP contribution in [-0.4, -0.2) is 45.7 Å². The summed E-state index contributed by atoms with van der Waals surface area (Å²) in [5.41, 5.74) is 3.08. The summed E-state index contributed by atoms with van der Waals surface area (Å²) in [6.45, 7) is -0.284. The molecule has 0 fully saturated rings. The van der Waals surface area contributed by atoms with E-state index >= 15 is 0 Å². The van der Waals surface area contributed by atoms with E-state index in [1.807, 2.05) is 42.6 Å². The average Bonchev–Trinajstić information content (AvgIpc) is 3.26. The fraction of sp³-hybridized carbons (Fsp3) is 0.185. The number of aliphatic hydroxyl groups is 1. The van der Waals surface area contributed by atoms with Gasteiger partial charge in [-0.1, -0.05) is 48.5 Å². The first-order chi connectivity index (χ1) is 16.5. The monoisotopic (exact) mass is 457 g/mol. The molecule has 5 N–H and O–H groups in total. The van der Waals surface area contributed by atoms with Crippen molar-refractivity contribution in [2.75, 3.05) is 6.61 Å². The lowest BCUT2D eigenvalue weighted by molar-refractivity contribution is -0.124. The highest BCUT2D eigenvalue weighted by atomic mass is 16.3. The fourth-order valence-corrected chi connectivity index (χ4v) is 3.99. The molecular weight excluding hydrogens is 430 g/mol. The number of carbonyl (C=O) groups is 2. The molecule has 4 aromatic rings. The maximum absolute atomic E-state index is 13.3. The van der Waals surface area contributed by atoms with E-state index in [4.69, 9.17) is 0 Å². The van der Waals surface area contributed by atoms with Gasteiger partial charge in [-0.25, -0.2) is 0 Å². The molecule has 0 saturated heterocycles. The van der Waals surface area contributed by atoms with Gasteiger partial charge in [0.1, 0.15) is 11.8 Å². The number of aromatic amines is 1. The second-order valence-electron chi connectivity index (χ2n) is 8.22. The van der Waals surface area contributed by atoms with Gasteiger partial charge in [0.05, 0.1) is 12.6 Å². The maximum Gasteiger partial charge on any atom is 0.251 e. The highest BCUT2D eigenvalue weighted by Gasteiger charge is 2.25. The molecule has 0 bridgehead atoms. The summed E-state index contributed by atoms with van der Waals surface area (Å²) in [5, 5.41) is 26.3. The Morgan fingerprint density at radius 2 is 1.65 bits per heavy atom. The number of para-hydroxylation sites is 1. The molecule has 34 heavy (non-hydrogen) atoms. The number of amides is 2. The van der Waals surface area contributed by atoms with Crippen molar-refractivity contribution in [2.24, 2.45) is 0 Å². The fourth-order valence-electron chi connectivity index (χ4n) is 3.99. The quantitative estimate of drug-likeness (QED) is 0.266. The third-order valence-electron chi connectivity index (χ3n) is 5.72. The van der Waals surface area contributed by atoms with Crippen molar-refractivity contribution in [3.8, 4) is 5.75 Å². The van der Waals surface area contributed by atoms with Gasteiger partial charge >= 0.3 is 0 Å². The predicted molar refractivity (Wildman–Crippen MR) is 131 cm³/mol. The highest BCUT2D eigenvalue weighted by Crippen LogP contribution is 2.20. The van der Waals surface area contributed by atoms with E-state index in [9.17, 15) is 19.8 Å². The van der Waals surface area contributed by atoms with Crippen molar-refractivity contribution in [3.05, 3.63) is 102 Å². The molecule has 1 aromatic heterocycles. The van der Waals surface area contributed by atoms with Gasteiger partial charge in [0, 0.05) is 29.1 Å². The van der Waals surface area contributed by atoms with Gasteiger partial charge in [-0.15, -0.1) is 0 Å². The van der Waals surface area contributed by atoms with Crippen LogP contribution in [0.25, 0.3) is 10.9 Å². The van der Waals surface area contributed by atoms with Crippen molar-refractivity contribution in [2.45, 2.75) is 24.9 Å². The molecular formula is C27H27N3O4. The molecule has 7 heteroatoms. The Morgan fingerprint density at radius 3 is 2.41 bits per heavy atom. The lowest BCUT2D eigenvalue weighted by atomic mass is 10.0. The molecule has 0 aliphatic carbocycles. The summed E-state index contributed by atoms with van der Waals surface area (Å²) in [6, 6.07) is 21.7. The van der Waals surface area contributed by atoms with Crippen molar-refractivity contribution < 1.29 is 19.8 Å². The van der Waals surface area contributed by atoms with Crippen LogP contribution in [0.3, 0.4) is 0 Å². The minimum absolute atomic E-state index is 0.118. The van der Waals surface area contributed by atoms with Gasteiger partial charge in [-0.05, 0) is 47.9 Å². The van der Waals surface area contributed by atoms with E-state index in [0.29, 0.717) is 12.0 Å². The van der Waals surface area contributed by atoms with E-state index in [1.165, 1.54) is 0 Å². The van der Waals surface area contributed by atoms with Crippen LogP contribution in [0.15, 0.2) is 85.1 Å². The van der Waals surface area contributed by atoms with Crippen LogP contribution >= 0.6 is 0 Å². The Morgan fingerprint density at radius 1 is 0.882 bits per heavy atom. The number of fused-ring (bicyclic) bond motifs is 1. The topological polar surface area (TPSA) is 114 Å². The van der Waals surface area contributed by atoms with Crippen LogP contribution in [0.2, 0.25) is 0 Å². The summed E-state index contributed by atoms with van der Waals surface area (Å²) in [4.78, 5) is 29.4. The van der Waals surface area contributed by atoms with Gasteiger partial charge in [0.25, 0.3) is 5.91 Å². The smallest absolute Gasteiger partial charge is 0.251 e. The van der Waals surface area contributed by atoms with Crippen LogP contribution in [0.4, 0.5) is 0 Å². The SMILES string of the molecule is O=C(N[C@@H](Cc1c[nH]c2ccccc12)C(=O)N[C@@H](CO)Cc1cccc(O)c1)c1ccccc1. The van der Waals surface area contributed by atoms with Gasteiger partial charge in [0.2, 0.25) is 5.91 Å². The van der Waals surface area contributed by atoms with Crippen molar-refractivity contribution in [3.63, 3.8) is 0 Å². The first-order valence-corrected chi connectivity index (χ1v) is 11.1.